The fourth-order valence-electron chi connectivity index (χ4n) is 2.12. The Bertz CT molecular complexity index is 659. The minimum Gasteiger partial charge on any atom is -0.192 e. The maximum atomic E-state index is 9.47. The van der Waals surface area contributed by atoms with E-state index in [1.165, 1.54) is 17.3 Å². The quantitative estimate of drug-likeness (QED) is 0.853. The largest absolute Gasteiger partial charge is 0.192 e. The van der Waals surface area contributed by atoms with Crippen LogP contribution in [0.1, 0.15) is 36.2 Å². The molecule has 0 bridgehead atoms. The number of nitriles is 1. The number of hydrogen-bond donors (Lipinski definition) is 0. The third-order valence-electron chi connectivity index (χ3n) is 3.23. The van der Waals surface area contributed by atoms with E-state index in [0.717, 1.165) is 29.0 Å². The van der Waals surface area contributed by atoms with Crippen molar-refractivity contribution >= 4 is 11.8 Å². The second kappa shape index (κ2) is 6.53. The highest BCUT2D eigenvalue weighted by Crippen LogP contribution is 2.32. The van der Waals surface area contributed by atoms with Crippen molar-refractivity contribution in [2.45, 2.75) is 43.5 Å². The molecular formula is C16H17N3S. The summed E-state index contributed by atoms with van der Waals surface area (Å²) in [5.74, 6) is 0. The first kappa shape index (κ1) is 14.5. The Morgan fingerprint density at radius 1 is 1.15 bits per heavy atom. The number of aryl methyl sites for hydroxylation is 2. The zero-order chi connectivity index (χ0) is 14.5. The van der Waals surface area contributed by atoms with Gasteiger partial charge in [0.1, 0.15) is 11.1 Å². The van der Waals surface area contributed by atoms with Gasteiger partial charge in [0.15, 0.2) is 0 Å². The minimum atomic E-state index is 0.674. The molecule has 0 atom stereocenters. The van der Waals surface area contributed by atoms with Gasteiger partial charge in [0.25, 0.3) is 0 Å². The average Bonchev–Trinajstić information content (AvgIpc) is 2.48. The maximum Gasteiger partial charge on any atom is 0.142 e. The first-order valence-corrected chi connectivity index (χ1v) is 7.54. The molecule has 102 valence electrons. The van der Waals surface area contributed by atoms with E-state index >= 15 is 0 Å². The molecule has 20 heavy (non-hydrogen) atoms. The molecule has 0 N–H and O–H groups in total. The molecule has 2 aromatic rings. The third-order valence-corrected chi connectivity index (χ3v) is 4.38. The summed E-state index contributed by atoms with van der Waals surface area (Å²) in [5, 5.41) is 18.7. The summed E-state index contributed by atoms with van der Waals surface area (Å²) in [6.07, 6.45) is 1.61. The van der Waals surface area contributed by atoms with Crippen LogP contribution in [0.25, 0.3) is 0 Å². The summed E-state index contributed by atoms with van der Waals surface area (Å²) in [6.45, 7) is 6.15. The molecule has 0 amide bonds. The highest BCUT2D eigenvalue weighted by Gasteiger charge is 2.15. The number of benzene rings is 1. The summed E-state index contributed by atoms with van der Waals surface area (Å²) in [6, 6.07) is 10.4. The highest BCUT2D eigenvalue weighted by molar-refractivity contribution is 7.99. The molecule has 0 radical (unpaired) electrons. The highest BCUT2D eigenvalue weighted by atomic mass is 32.2. The summed E-state index contributed by atoms with van der Waals surface area (Å²) in [5.41, 5.74) is 3.81. The van der Waals surface area contributed by atoms with Crippen LogP contribution in [0.5, 0.6) is 0 Å². The second-order valence-electron chi connectivity index (χ2n) is 4.49. The topological polar surface area (TPSA) is 49.6 Å². The first-order chi connectivity index (χ1) is 9.71. The molecule has 0 aliphatic heterocycles. The average molecular weight is 283 g/mol. The van der Waals surface area contributed by atoms with E-state index < -0.39 is 0 Å². The minimum absolute atomic E-state index is 0.674. The van der Waals surface area contributed by atoms with Crippen LogP contribution < -0.4 is 0 Å². The molecule has 3 nitrogen and oxygen atoms in total. The van der Waals surface area contributed by atoms with Crippen LogP contribution >= 0.6 is 11.8 Å². The predicted octanol–water partition coefficient (Wildman–Crippen LogP) is 3.93. The Balaban J connectivity index is 2.48. The number of rotatable bonds is 4. The lowest BCUT2D eigenvalue weighted by Gasteiger charge is -2.10. The van der Waals surface area contributed by atoms with Gasteiger partial charge in [-0.3, -0.25) is 0 Å². The molecule has 0 aliphatic rings. The summed E-state index contributed by atoms with van der Waals surface area (Å²) in [7, 11) is 0. The Morgan fingerprint density at radius 3 is 2.50 bits per heavy atom. The normalized spacial score (nSPS) is 10.3. The molecule has 2 rings (SSSR count). The standard InChI is InChI=1S/C16H17N3S/c1-4-12-13(10-17)16(19-18-14(12)5-2)20-15-9-7-6-8-11(15)3/h6-9H,4-5H2,1-3H3. The molecular weight excluding hydrogens is 266 g/mol. The van der Waals surface area contributed by atoms with Gasteiger partial charge in [0.2, 0.25) is 0 Å². The van der Waals surface area contributed by atoms with E-state index in [2.05, 4.69) is 36.2 Å². The number of hydrogen-bond acceptors (Lipinski definition) is 4. The maximum absolute atomic E-state index is 9.47. The zero-order valence-electron chi connectivity index (χ0n) is 12.0. The Morgan fingerprint density at radius 2 is 1.90 bits per heavy atom. The van der Waals surface area contributed by atoms with Crippen LogP contribution in [-0.4, -0.2) is 10.2 Å². The molecule has 1 aromatic carbocycles. The van der Waals surface area contributed by atoms with Crippen LogP contribution in [0.3, 0.4) is 0 Å². The molecule has 0 saturated heterocycles. The van der Waals surface area contributed by atoms with Crippen LogP contribution in [0.15, 0.2) is 34.2 Å². The van der Waals surface area contributed by atoms with Crippen molar-refractivity contribution in [1.82, 2.24) is 10.2 Å². The van der Waals surface area contributed by atoms with Crippen molar-refractivity contribution in [2.75, 3.05) is 0 Å². The van der Waals surface area contributed by atoms with Gasteiger partial charge in [-0.15, -0.1) is 5.10 Å². The van der Waals surface area contributed by atoms with Gasteiger partial charge in [0, 0.05) is 4.90 Å². The second-order valence-corrected chi connectivity index (χ2v) is 5.52. The molecule has 0 saturated carbocycles. The Kier molecular flexibility index (Phi) is 4.75. The lowest BCUT2D eigenvalue weighted by molar-refractivity contribution is 0.817. The van der Waals surface area contributed by atoms with Crippen LogP contribution in [-0.2, 0) is 12.8 Å². The van der Waals surface area contributed by atoms with Crippen molar-refractivity contribution in [1.29, 1.82) is 5.26 Å². The van der Waals surface area contributed by atoms with Gasteiger partial charge in [-0.2, -0.15) is 10.4 Å². The first-order valence-electron chi connectivity index (χ1n) is 6.73. The number of nitrogens with zero attached hydrogens (tertiary/aromatic N) is 3. The molecule has 0 spiro atoms. The Hall–Kier alpha value is -1.86. The lowest BCUT2D eigenvalue weighted by atomic mass is 10.1. The zero-order valence-corrected chi connectivity index (χ0v) is 12.8. The molecule has 4 heteroatoms. The number of aromatic nitrogens is 2. The molecule has 0 fully saturated rings. The molecule has 0 unspecified atom stereocenters. The van der Waals surface area contributed by atoms with Crippen LogP contribution in [0, 0.1) is 18.3 Å². The lowest BCUT2D eigenvalue weighted by Crippen LogP contribution is -2.04. The summed E-state index contributed by atoms with van der Waals surface area (Å²) < 4.78 is 0. The third kappa shape index (κ3) is 2.83. The van der Waals surface area contributed by atoms with E-state index in [-0.39, 0.29) is 0 Å². The van der Waals surface area contributed by atoms with Crippen LogP contribution in [0.2, 0.25) is 0 Å². The van der Waals surface area contributed by atoms with E-state index in [4.69, 9.17) is 0 Å². The van der Waals surface area contributed by atoms with E-state index in [1.54, 1.807) is 0 Å². The molecule has 0 aliphatic carbocycles. The van der Waals surface area contributed by atoms with E-state index in [1.807, 2.05) is 25.1 Å². The van der Waals surface area contributed by atoms with E-state index in [9.17, 15) is 5.26 Å². The van der Waals surface area contributed by atoms with Gasteiger partial charge in [-0.05, 0) is 37.0 Å². The van der Waals surface area contributed by atoms with Gasteiger partial charge >= 0.3 is 0 Å². The van der Waals surface area contributed by atoms with Crippen molar-refractivity contribution < 1.29 is 0 Å². The summed E-state index contributed by atoms with van der Waals surface area (Å²) in [4.78, 5) is 1.12. The summed E-state index contributed by atoms with van der Waals surface area (Å²) >= 11 is 1.52. The monoisotopic (exact) mass is 283 g/mol. The van der Waals surface area contributed by atoms with Crippen molar-refractivity contribution in [2.24, 2.45) is 0 Å². The van der Waals surface area contributed by atoms with E-state index in [0.29, 0.717) is 10.6 Å². The van der Waals surface area contributed by atoms with Gasteiger partial charge in [0.05, 0.1) is 11.3 Å². The predicted molar refractivity (Wildman–Crippen MR) is 80.8 cm³/mol. The SMILES string of the molecule is CCc1nnc(Sc2ccccc2C)c(C#N)c1CC. The molecule has 1 heterocycles. The van der Waals surface area contributed by atoms with Gasteiger partial charge < -0.3 is 0 Å². The Labute approximate surface area is 124 Å². The van der Waals surface area contributed by atoms with Crippen LogP contribution in [0.4, 0.5) is 0 Å². The van der Waals surface area contributed by atoms with Crippen molar-refractivity contribution in [3.63, 3.8) is 0 Å². The van der Waals surface area contributed by atoms with Crippen molar-refractivity contribution in [3.05, 3.63) is 46.6 Å². The molecule has 1 aromatic heterocycles. The smallest absolute Gasteiger partial charge is 0.142 e. The fraction of sp³-hybridized carbons (Fsp3) is 0.312. The van der Waals surface area contributed by atoms with Gasteiger partial charge in [-0.1, -0.05) is 43.8 Å². The van der Waals surface area contributed by atoms with Crippen molar-refractivity contribution in [3.8, 4) is 6.07 Å². The van der Waals surface area contributed by atoms with Gasteiger partial charge in [-0.25, -0.2) is 0 Å². The fourth-order valence-corrected chi connectivity index (χ4v) is 3.05.